The molecule has 1 aliphatic carbocycles. The molecule has 2 nitrogen and oxygen atoms in total. The van der Waals surface area contributed by atoms with Gasteiger partial charge in [0.25, 0.3) is 0 Å². The summed E-state index contributed by atoms with van der Waals surface area (Å²) in [6.07, 6.45) is 10.3. The number of allylic oxidation sites excluding steroid dienone is 5. The third-order valence-electron chi connectivity index (χ3n) is 2.92. The quantitative estimate of drug-likeness (QED) is 0.667. The molecule has 0 heterocycles. The third kappa shape index (κ3) is 2.54. The Morgan fingerprint density at radius 3 is 2.67 bits per heavy atom. The molecule has 1 N–H and O–H groups in total. The van der Waals surface area contributed by atoms with Crippen molar-refractivity contribution in [2.45, 2.75) is 4.87 Å². The zero-order valence-corrected chi connectivity index (χ0v) is 10.4. The standard InChI is InChI=1S/C15H13ClO2/c16-15(12-6-2-1-3-7-12)11-5-4-8-13(15)9-10-14(17)18/h1-11,13H,(H,17,18)/b10-9+. The molecule has 0 bridgehead atoms. The van der Waals surface area contributed by atoms with E-state index in [2.05, 4.69) is 0 Å². The number of halogens is 1. The predicted octanol–water partition coefficient (Wildman–Crippen LogP) is 3.50. The van der Waals surface area contributed by atoms with Gasteiger partial charge in [-0.2, -0.15) is 0 Å². The molecule has 2 rings (SSSR count). The number of hydrogen-bond acceptors (Lipinski definition) is 1. The van der Waals surface area contributed by atoms with Crippen LogP contribution in [0.4, 0.5) is 0 Å². The molecule has 2 atom stereocenters. The van der Waals surface area contributed by atoms with Crippen molar-refractivity contribution in [3.05, 3.63) is 72.4 Å². The molecule has 92 valence electrons. The first-order valence-corrected chi connectivity index (χ1v) is 6.02. The molecule has 18 heavy (non-hydrogen) atoms. The fourth-order valence-corrected chi connectivity index (χ4v) is 2.35. The van der Waals surface area contributed by atoms with Crippen molar-refractivity contribution in [3.8, 4) is 0 Å². The van der Waals surface area contributed by atoms with Crippen LogP contribution in [0, 0.1) is 5.92 Å². The average Bonchev–Trinajstić information content (AvgIpc) is 2.39. The summed E-state index contributed by atoms with van der Waals surface area (Å²) in [7, 11) is 0. The van der Waals surface area contributed by atoms with Crippen LogP contribution in [0.1, 0.15) is 5.56 Å². The van der Waals surface area contributed by atoms with Crippen LogP contribution in [-0.2, 0) is 9.67 Å². The van der Waals surface area contributed by atoms with Gasteiger partial charge in [-0.05, 0) is 5.56 Å². The maximum Gasteiger partial charge on any atom is 0.327 e. The monoisotopic (exact) mass is 260 g/mol. The summed E-state index contributed by atoms with van der Waals surface area (Å²) < 4.78 is 0. The number of benzene rings is 1. The molecular formula is C15H13ClO2. The lowest BCUT2D eigenvalue weighted by atomic mass is 9.82. The molecule has 2 unspecified atom stereocenters. The van der Waals surface area contributed by atoms with Crippen LogP contribution in [0.15, 0.2) is 66.8 Å². The Kier molecular flexibility index (Phi) is 3.68. The van der Waals surface area contributed by atoms with Gasteiger partial charge in [0.05, 0.1) is 4.87 Å². The van der Waals surface area contributed by atoms with E-state index in [1.165, 1.54) is 0 Å². The minimum absolute atomic E-state index is 0.178. The van der Waals surface area contributed by atoms with E-state index in [1.54, 1.807) is 6.08 Å². The van der Waals surface area contributed by atoms with Gasteiger partial charge in [0.15, 0.2) is 0 Å². The van der Waals surface area contributed by atoms with E-state index in [0.29, 0.717) is 0 Å². The molecule has 0 aliphatic heterocycles. The summed E-state index contributed by atoms with van der Waals surface area (Å²) in [6.45, 7) is 0. The van der Waals surface area contributed by atoms with Crippen molar-refractivity contribution < 1.29 is 9.90 Å². The first kappa shape index (κ1) is 12.7. The van der Waals surface area contributed by atoms with Crippen LogP contribution in [0.2, 0.25) is 0 Å². The lowest BCUT2D eigenvalue weighted by molar-refractivity contribution is -0.131. The van der Waals surface area contributed by atoms with Crippen LogP contribution >= 0.6 is 11.6 Å². The SMILES string of the molecule is O=C(O)/C=C/C1C=CC=CC1(Cl)c1ccccc1. The highest BCUT2D eigenvalue weighted by molar-refractivity contribution is 6.26. The molecular weight excluding hydrogens is 248 g/mol. The molecule has 1 aliphatic rings. The fourth-order valence-electron chi connectivity index (χ4n) is 2.00. The predicted molar refractivity (Wildman–Crippen MR) is 72.5 cm³/mol. The van der Waals surface area contributed by atoms with Crippen LogP contribution < -0.4 is 0 Å². The molecule has 0 aromatic heterocycles. The van der Waals surface area contributed by atoms with Crippen molar-refractivity contribution in [1.82, 2.24) is 0 Å². The number of alkyl halides is 1. The normalized spacial score (nSPS) is 26.6. The summed E-state index contributed by atoms with van der Waals surface area (Å²) >= 11 is 6.67. The van der Waals surface area contributed by atoms with Crippen molar-refractivity contribution in [2.24, 2.45) is 5.92 Å². The van der Waals surface area contributed by atoms with Crippen LogP contribution in [0.3, 0.4) is 0 Å². The minimum atomic E-state index is -0.968. The van der Waals surface area contributed by atoms with Gasteiger partial charge in [-0.1, -0.05) is 60.7 Å². The van der Waals surface area contributed by atoms with Gasteiger partial charge < -0.3 is 5.11 Å². The highest BCUT2D eigenvalue weighted by Gasteiger charge is 2.34. The molecule has 3 heteroatoms. The number of hydrogen-bond donors (Lipinski definition) is 1. The lowest BCUT2D eigenvalue weighted by Gasteiger charge is -2.31. The summed E-state index contributed by atoms with van der Waals surface area (Å²) in [5, 5.41) is 8.71. The van der Waals surface area contributed by atoms with Gasteiger partial charge in [0.2, 0.25) is 0 Å². The number of rotatable bonds is 3. The summed E-state index contributed by atoms with van der Waals surface area (Å²) in [4.78, 5) is 9.90. The van der Waals surface area contributed by atoms with Gasteiger partial charge in [-0.15, -0.1) is 11.6 Å². The molecule has 0 saturated carbocycles. The maximum atomic E-state index is 10.6. The molecule has 0 fully saturated rings. The van der Waals surface area contributed by atoms with Crippen LogP contribution in [-0.4, -0.2) is 11.1 Å². The first-order valence-electron chi connectivity index (χ1n) is 5.64. The molecule has 0 amide bonds. The topological polar surface area (TPSA) is 37.3 Å². The minimum Gasteiger partial charge on any atom is -0.478 e. The fraction of sp³-hybridized carbons (Fsp3) is 0.133. The Labute approximate surface area is 111 Å². The van der Waals surface area contributed by atoms with Gasteiger partial charge in [0.1, 0.15) is 0 Å². The molecule has 0 radical (unpaired) electrons. The Morgan fingerprint density at radius 2 is 2.00 bits per heavy atom. The summed E-state index contributed by atoms with van der Waals surface area (Å²) in [5.74, 6) is -1.15. The van der Waals surface area contributed by atoms with E-state index < -0.39 is 10.8 Å². The third-order valence-corrected chi connectivity index (χ3v) is 3.51. The summed E-state index contributed by atoms with van der Waals surface area (Å²) in [5.41, 5.74) is 0.951. The Bertz CT molecular complexity index is 517. The number of aliphatic carboxylic acids is 1. The van der Waals surface area contributed by atoms with E-state index in [9.17, 15) is 4.79 Å². The average molecular weight is 261 g/mol. The van der Waals surface area contributed by atoms with Crippen molar-refractivity contribution in [3.63, 3.8) is 0 Å². The zero-order valence-electron chi connectivity index (χ0n) is 9.66. The van der Waals surface area contributed by atoms with Crippen LogP contribution in [0.5, 0.6) is 0 Å². The number of carboxylic acid groups (broad SMARTS) is 1. The first-order chi connectivity index (χ1) is 8.63. The van der Waals surface area contributed by atoms with Crippen molar-refractivity contribution in [1.29, 1.82) is 0 Å². The van der Waals surface area contributed by atoms with E-state index in [1.807, 2.05) is 54.6 Å². The Hall–Kier alpha value is -1.80. The van der Waals surface area contributed by atoms with Crippen molar-refractivity contribution in [2.75, 3.05) is 0 Å². The molecule has 1 aromatic carbocycles. The van der Waals surface area contributed by atoms with Gasteiger partial charge in [0, 0.05) is 12.0 Å². The van der Waals surface area contributed by atoms with E-state index >= 15 is 0 Å². The molecule has 0 spiro atoms. The van der Waals surface area contributed by atoms with Gasteiger partial charge >= 0.3 is 5.97 Å². The Morgan fingerprint density at radius 1 is 1.28 bits per heavy atom. The summed E-state index contributed by atoms with van der Waals surface area (Å²) in [6, 6.07) is 9.65. The number of carbonyl (C=O) groups is 1. The highest BCUT2D eigenvalue weighted by Crippen LogP contribution is 2.41. The van der Waals surface area contributed by atoms with E-state index in [-0.39, 0.29) is 5.92 Å². The van der Waals surface area contributed by atoms with Crippen LogP contribution in [0.25, 0.3) is 0 Å². The number of carboxylic acids is 1. The Balaban J connectivity index is 2.37. The second kappa shape index (κ2) is 5.23. The van der Waals surface area contributed by atoms with E-state index in [0.717, 1.165) is 11.6 Å². The largest absolute Gasteiger partial charge is 0.478 e. The maximum absolute atomic E-state index is 10.6. The van der Waals surface area contributed by atoms with Crippen molar-refractivity contribution >= 4 is 17.6 Å². The van der Waals surface area contributed by atoms with Gasteiger partial charge in [-0.25, -0.2) is 4.79 Å². The smallest absolute Gasteiger partial charge is 0.327 e. The zero-order chi connectivity index (χ0) is 13.0. The molecule has 0 saturated heterocycles. The van der Waals surface area contributed by atoms with E-state index in [4.69, 9.17) is 16.7 Å². The second-order valence-electron chi connectivity index (χ2n) is 4.10. The second-order valence-corrected chi connectivity index (χ2v) is 4.73. The lowest BCUT2D eigenvalue weighted by Crippen LogP contribution is -2.26. The highest BCUT2D eigenvalue weighted by atomic mass is 35.5. The van der Waals surface area contributed by atoms with Gasteiger partial charge in [-0.3, -0.25) is 0 Å². The molecule has 1 aromatic rings.